The maximum atomic E-state index is 12.2. The van der Waals surface area contributed by atoms with Gasteiger partial charge in [-0.05, 0) is 24.1 Å². The van der Waals surface area contributed by atoms with Crippen molar-refractivity contribution >= 4 is 11.6 Å². The minimum atomic E-state index is -2.56. The van der Waals surface area contributed by atoms with E-state index in [9.17, 15) is 8.78 Å². The molecule has 1 aromatic rings. The zero-order valence-corrected chi connectivity index (χ0v) is 7.85. The van der Waals surface area contributed by atoms with Crippen LogP contribution in [0.2, 0.25) is 5.02 Å². The van der Waals surface area contributed by atoms with E-state index in [4.69, 9.17) is 17.3 Å². The summed E-state index contributed by atoms with van der Waals surface area (Å²) < 4.78 is 24.4. The molecule has 0 spiro atoms. The highest BCUT2D eigenvalue weighted by molar-refractivity contribution is 6.31. The van der Waals surface area contributed by atoms with Gasteiger partial charge in [-0.3, -0.25) is 0 Å². The molecule has 0 aliphatic carbocycles. The lowest BCUT2D eigenvalue weighted by atomic mass is 10.1. The van der Waals surface area contributed by atoms with E-state index in [1.165, 1.54) is 6.07 Å². The number of rotatable bonds is 2. The number of benzene rings is 1. The zero-order valence-electron chi connectivity index (χ0n) is 7.10. The molecule has 72 valence electrons. The molecule has 0 aromatic heterocycles. The van der Waals surface area contributed by atoms with Crippen molar-refractivity contribution in [1.29, 1.82) is 0 Å². The monoisotopic (exact) mass is 205 g/mol. The molecule has 0 aliphatic rings. The molecule has 13 heavy (non-hydrogen) atoms. The molecule has 1 unspecified atom stereocenters. The van der Waals surface area contributed by atoms with Crippen molar-refractivity contribution in [3.63, 3.8) is 0 Å². The minimum absolute atomic E-state index is 0.366. The first-order valence-electron chi connectivity index (χ1n) is 3.82. The first-order chi connectivity index (χ1) is 6.02. The van der Waals surface area contributed by atoms with Gasteiger partial charge in [0.25, 0.3) is 6.43 Å². The van der Waals surface area contributed by atoms with Gasteiger partial charge in [-0.2, -0.15) is 0 Å². The first kappa shape index (κ1) is 10.4. The molecule has 0 aliphatic heterocycles. The predicted molar refractivity (Wildman–Crippen MR) is 49.1 cm³/mol. The third-order valence-electron chi connectivity index (χ3n) is 1.85. The van der Waals surface area contributed by atoms with Crippen LogP contribution in [0.1, 0.15) is 17.2 Å². The van der Waals surface area contributed by atoms with Crippen molar-refractivity contribution in [3.8, 4) is 0 Å². The number of aryl methyl sites for hydroxylation is 1. The highest BCUT2D eigenvalue weighted by atomic mass is 35.5. The van der Waals surface area contributed by atoms with Gasteiger partial charge in [-0.1, -0.05) is 23.7 Å². The molecule has 1 rings (SSSR count). The number of hydrogen-bond donors (Lipinski definition) is 1. The van der Waals surface area contributed by atoms with Crippen LogP contribution in [0.25, 0.3) is 0 Å². The van der Waals surface area contributed by atoms with E-state index in [0.29, 0.717) is 10.6 Å². The number of alkyl halides is 2. The van der Waals surface area contributed by atoms with Crippen LogP contribution in [-0.4, -0.2) is 6.43 Å². The predicted octanol–water partition coefficient (Wildman–Crippen LogP) is 2.91. The molecule has 0 fully saturated rings. The van der Waals surface area contributed by atoms with E-state index in [1.807, 2.05) is 0 Å². The van der Waals surface area contributed by atoms with Crippen LogP contribution < -0.4 is 5.73 Å². The maximum Gasteiger partial charge on any atom is 0.257 e. The maximum absolute atomic E-state index is 12.2. The Morgan fingerprint density at radius 2 is 2.00 bits per heavy atom. The second-order valence-corrected chi connectivity index (χ2v) is 3.28. The Balaban J connectivity index is 2.97. The molecule has 1 nitrogen and oxygen atoms in total. The van der Waals surface area contributed by atoms with E-state index >= 15 is 0 Å². The van der Waals surface area contributed by atoms with Gasteiger partial charge in [-0.25, -0.2) is 8.78 Å². The molecule has 2 N–H and O–H groups in total. The number of halogens is 3. The normalized spacial score (nSPS) is 13.4. The Morgan fingerprint density at radius 3 is 2.46 bits per heavy atom. The average molecular weight is 206 g/mol. The standard InChI is InChI=1S/C9H10ClF2N/c1-5-2-3-6(4-7(5)10)8(13)9(11)12/h2-4,8-9H,13H2,1H3. The largest absolute Gasteiger partial charge is 0.319 e. The van der Waals surface area contributed by atoms with Gasteiger partial charge in [0.2, 0.25) is 0 Å². The number of nitrogens with two attached hydrogens (primary N) is 1. The fourth-order valence-corrected chi connectivity index (χ4v) is 1.15. The van der Waals surface area contributed by atoms with Crippen LogP contribution in [0.4, 0.5) is 8.78 Å². The quantitative estimate of drug-likeness (QED) is 0.790. The molecule has 0 amide bonds. The Labute approximate surface area is 80.5 Å². The van der Waals surface area contributed by atoms with Gasteiger partial charge < -0.3 is 5.73 Å². The zero-order chi connectivity index (χ0) is 10.0. The van der Waals surface area contributed by atoms with E-state index in [-0.39, 0.29) is 0 Å². The summed E-state index contributed by atoms with van der Waals surface area (Å²) in [4.78, 5) is 0. The summed E-state index contributed by atoms with van der Waals surface area (Å²) in [7, 11) is 0. The Bertz CT molecular complexity index is 302. The lowest BCUT2D eigenvalue weighted by molar-refractivity contribution is 0.116. The van der Waals surface area contributed by atoms with Crippen LogP contribution in [0.5, 0.6) is 0 Å². The van der Waals surface area contributed by atoms with Crippen molar-refractivity contribution in [2.45, 2.75) is 19.4 Å². The third-order valence-corrected chi connectivity index (χ3v) is 2.26. The summed E-state index contributed by atoms with van der Waals surface area (Å²) in [6.07, 6.45) is -2.56. The Kier molecular flexibility index (Phi) is 3.22. The summed E-state index contributed by atoms with van der Waals surface area (Å²) in [5.74, 6) is 0. The summed E-state index contributed by atoms with van der Waals surface area (Å²) in [5, 5.41) is 0.466. The second-order valence-electron chi connectivity index (χ2n) is 2.87. The van der Waals surface area contributed by atoms with Gasteiger partial charge in [0.1, 0.15) is 0 Å². The Hall–Kier alpha value is -0.670. The fourth-order valence-electron chi connectivity index (χ4n) is 0.962. The Morgan fingerprint density at radius 1 is 1.38 bits per heavy atom. The SMILES string of the molecule is Cc1ccc(C(N)C(F)F)cc1Cl. The van der Waals surface area contributed by atoms with Crippen LogP contribution >= 0.6 is 11.6 Å². The summed E-state index contributed by atoms with van der Waals surface area (Å²) in [6, 6.07) is 3.48. The van der Waals surface area contributed by atoms with Crippen molar-refractivity contribution in [2.75, 3.05) is 0 Å². The van der Waals surface area contributed by atoms with E-state index < -0.39 is 12.5 Å². The van der Waals surface area contributed by atoms with Crippen LogP contribution in [0.3, 0.4) is 0 Å². The van der Waals surface area contributed by atoms with E-state index in [1.54, 1.807) is 19.1 Å². The van der Waals surface area contributed by atoms with Crippen LogP contribution in [0, 0.1) is 6.92 Å². The fraction of sp³-hybridized carbons (Fsp3) is 0.333. The molecular weight excluding hydrogens is 196 g/mol. The molecule has 0 bridgehead atoms. The lowest BCUT2D eigenvalue weighted by Gasteiger charge is -2.11. The van der Waals surface area contributed by atoms with Crippen molar-refractivity contribution in [3.05, 3.63) is 34.3 Å². The van der Waals surface area contributed by atoms with Crippen molar-refractivity contribution < 1.29 is 8.78 Å². The molecule has 1 atom stereocenters. The average Bonchev–Trinajstić information content (AvgIpc) is 2.08. The topological polar surface area (TPSA) is 26.0 Å². The minimum Gasteiger partial charge on any atom is -0.319 e. The van der Waals surface area contributed by atoms with Gasteiger partial charge in [0, 0.05) is 5.02 Å². The van der Waals surface area contributed by atoms with Crippen molar-refractivity contribution in [1.82, 2.24) is 0 Å². The third kappa shape index (κ3) is 2.39. The molecule has 1 aromatic carbocycles. The van der Waals surface area contributed by atoms with Gasteiger partial charge >= 0.3 is 0 Å². The molecule has 0 radical (unpaired) electrons. The van der Waals surface area contributed by atoms with Crippen molar-refractivity contribution in [2.24, 2.45) is 5.73 Å². The molecule has 0 heterocycles. The van der Waals surface area contributed by atoms with Gasteiger partial charge in [0.15, 0.2) is 0 Å². The van der Waals surface area contributed by atoms with E-state index in [0.717, 1.165) is 5.56 Å². The first-order valence-corrected chi connectivity index (χ1v) is 4.20. The van der Waals surface area contributed by atoms with Gasteiger partial charge in [-0.15, -0.1) is 0 Å². The van der Waals surface area contributed by atoms with Gasteiger partial charge in [0.05, 0.1) is 6.04 Å². The second kappa shape index (κ2) is 4.03. The lowest BCUT2D eigenvalue weighted by Crippen LogP contribution is -2.18. The van der Waals surface area contributed by atoms with E-state index in [2.05, 4.69) is 0 Å². The molecule has 0 saturated carbocycles. The summed E-state index contributed by atoms with van der Waals surface area (Å²) in [5.41, 5.74) is 6.47. The molecule has 4 heteroatoms. The number of hydrogen-bond acceptors (Lipinski definition) is 1. The van der Waals surface area contributed by atoms with Crippen LogP contribution in [-0.2, 0) is 0 Å². The summed E-state index contributed by atoms with van der Waals surface area (Å²) in [6.45, 7) is 1.81. The molecule has 0 saturated heterocycles. The summed E-state index contributed by atoms with van der Waals surface area (Å²) >= 11 is 5.76. The highest BCUT2D eigenvalue weighted by Gasteiger charge is 2.17. The van der Waals surface area contributed by atoms with Crippen LogP contribution in [0.15, 0.2) is 18.2 Å². The highest BCUT2D eigenvalue weighted by Crippen LogP contribution is 2.23. The smallest absolute Gasteiger partial charge is 0.257 e. The molecular formula is C9H10ClF2N.